The van der Waals surface area contributed by atoms with Gasteiger partial charge in [0.2, 0.25) is 0 Å². The van der Waals surface area contributed by atoms with Crippen LogP contribution >= 0.6 is 0 Å². The molecule has 0 bridgehead atoms. The van der Waals surface area contributed by atoms with E-state index >= 15 is 0 Å². The molecule has 0 amide bonds. The van der Waals surface area contributed by atoms with Gasteiger partial charge in [0.1, 0.15) is 0 Å². The molecule has 3 nitrogen and oxygen atoms in total. The normalized spacial score (nSPS) is 12.0. The molecule has 0 aliphatic heterocycles. The number of pyridine rings is 1. The molecule has 3 heteroatoms. The summed E-state index contributed by atoms with van der Waals surface area (Å²) < 4.78 is 0. The molecule has 1 atom stereocenters. The van der Waals surface area contributed by atoms with Crippen LogP contribution in [0.2, 0.25) is 0 Å². The number of nitriles is 1. The van der Waals surface area contributed by atoms with Crippen LogP contribution in [-0.4, -0.2) is 11.5 Å². The molecule has 1 unspecified atom stereocenters. The number of rotatable bonds is 6. The molecule has 0 spiro atoms. The highest BCUT2D eigenvalue weighted by Crippen LogP contribution is 2.09. The number of nitrogens with one attached hydrogen (secondary N) is 1. The summed E-state index contributed by atoms with van der Waals surface area (Å²) in [7, 11) is 0. The summed E-state index contributed by atoms with van der Waals surface area (Å²) in [5.41, 5.74) is 1.21. The lowest BCUT2D eigenvalue weighted by atomic mass is 10.1. The van der Waals surface area contributed by atoms with Crippen molar-refractivity contribution in [2.75, 3.05) is 6.54 Å². The van der Waals surface area contributed by atoms with Crippen molar-refractivity contribution in [3.05, 3.63) is 30.1 Å². The Morgan fingerprint density at radius 1 is 1.53 bits per heavy atom. The van der Waals surface area contributed by atoms with Gasteiger partial charge in [-0.1, -0.05) is 6.07 Å². The summed E-state index contributed by atoms with van der Waals surface area (Å²) >= 11 is 0. The molecule has 1 aromatic rings. The molecule has 0 radical (unpaired) electrons. The van der Waals surface area contributed by atoms with Crippen molar-refractivity contribution in [1.29, 1.82) is 5.26 Å². The Labute approximate surface area is 91.1 Å². The van der Waals surface area contributed by atoms with Gasteiger partial charge < -0.3 is 5.32 Å². The summed E-state index contributed by atoms with van der Waals surface area (Å²) in [4.78, 5) is 4.08. The van der Waals surface area contributed by atoms with Crippen LogP contribution in [0.25, 0.3) is 0 Å². The van der Waals surface area contributed by atoms with E-state index < -0.39 is 0 Å². The fraction of sp³-hybridized carbons (Fsp3) is 0.500. The van der Waals surface area contributed by atoms with E-state index in [2.05, 4.69) is 29.4 Å². The van der Waals surface area contributed by atoms with Crippen LogP contribution in [0.4, 0.5) is 0 Å². The Kier molecular flexibility index (Phi) is 5.42. The molecule has 1 N–H and O–H groups in total. The fourth-order valence-corrected chi connectivity index (χ4v) is 1.40. The summed E-state index contributed by atoms with van der Waals surface area (Å²) in [6.07, 6.45) is 6.35. The lowest BCUT2D eigenvalue weighted by molar-refractivity contribution is 0.548. The maximum absolute atomic E-state index is 8.37. The predicted molar refractivity (Wildman–Crippen MR) is 60.1 cm³/mol. The van der Waals surface area contributed by atoms with E-state index in [1.807, 2.05) is 12.3 Å². The minimum atomic E-state index is 0.334. The first kappa shape index (κ1) is 11.7. The first-order chi connectivity index (χ1) is 7.34. The van der Waals surface area contributed by atoms with Gasteiger partial charge in [-0.2, -0.15) is 5.26 Å². The highest BCUT2D eigenvalue weighted by molar-refractivity contribution is 5.12. The molecule has 0 saturated heterocycles. The first-order valence-corrected chi connectivity index (χ1v) is 5.35. The van der Waals surface area contributed by atoms with E-state index in [0.717, 1.165) is 19.4 Å². The second-order valence-corrected chi connectivity index (χ2v) is 3.58. The summed E-state index contributed by atoms with van der Waals surface area (Å²) in [6.45, 7) is 3.08. The van der Waals surface area contributed by atoms with Crippen LogP contribution in [0, 0.1) is 11.3 Å². The molecule has 1 rings (SSSR count). The molecule has 15 heavy (non-hydrogen) atoms. The van der Waals surface area contributed by atoms with Crippen molar-refractivity contribution >= 4 is 0 Å². The molecule has 0 aliphatic rings. The number of hydrogen-bond donors (Lipinski definition) is 1. The monoisotopic (exact) mass is 203 g/mol. The predicted octanol–water partition coefficient (Wildman–Crippen LogP) is 2.43. The zero-order valence-electron chi connectivity index (χ0n) is 9.11. The van der Waals surface area contributed by atoms with Gasteiger partial charge in [-0.05, 0) is 37.9 Å². The Hall–Kier alpha value is -1.40. The maximum Gasteiger partial charge on any atom is 0.0621 e. The molecule has 0 aromatic carbocycles. The van der Waals surface area contributed by atoms with Gasteiger partial charge in [0.05, 0.1) is 6.07 Å². The molecule has 80 valence electrons. The van der Waals surface area contributed by atoms with E-state index in [9.17, 15) is 0 Å². The van der Waals surface area contributed by atoms with E-state index in [-0.39, 0.29) is 0 Å². The minimum absolute atomic E-state index is 0.334. The zero-order chi connectivity index (χ0) is 10.9. The Bertz CT molecular complexity index is 302. The Morgan fingerprint density at radius 3 is 3.07 bits per heavy atom. The van der Waals surface area contributed by atoms with E-state index in [1.165, 1.54) is 5.56 Å². The number of unbranched alkanes of at least 4 members (excludes halogenated alkanes) is 2. The highest BCUT2D eigenvalue weighted by atomic mass is 14.9. The first-order valence-electron chi connectivity index (χ1n) is 5.35. The third-order valence-corrected chi connectivity index (χ3v) is 2.35. The van der Waals surface area contributed by atoms with Crippen LogP contribution < -0.4 is 5.32 Å². The second-order valence-electron chi connectivity index (χ2n) is 3.58. The quantitative estimate of drug-likeness (QED) is 0.722. The Balaban J connectivity index is 2.20. The van der Waals surface area contributed by atoms with Crippen LogP contribution in [0.3, 0.4) is 0 Å². The van der Waals surface area contributed by atoms with Gasteiger partial charge in [-0.15, -0.1) is 0 Å². The van der Waals surface area contributed by atoms with Gasteiger partial charge >= 0.3 is 0 Å². The van der Waals surface area contributed by atoms with E-state index in [4.69, 9.17) is 5.26 Å². The smallest absolute Gasteiger partial charge is 0.0621 e. The number of nitrogens with zero attached hydrogens (tertiary/aromatic N) is 2. The summed E-state index contributed by atoms with van der Waals surface area (Å²) in [5, 5.41) is 11.8. The molecular formula is C12H17N3. The van der Waals surface area contributed by atoms with E-state index in [0.29, 0.717) is 12.5 Å². The lowest BCUT2D eigenvalue weighted by Crippen LogP contribution is -2.19. The Morgan fingerprint density at radius 2 is 2.40 bits per heavy atom. The molecule has 0 fully saturated rings. The largest absolute Gasteiger partial charge is 0.310 e. The van der Waals surface area contributed by atoms with Crippen molar-refractivity contribution in [3.8, 4) is 6.07 Å². The SMILES string of the molecule is CC(NCCCCC#N)c1cccnc1. The van der Waals surface area contributed by atoms with Crippen molar-refractivity contribution in [2.24, 2.45) is 0 Å². The van der Waals surface area contributed by atoms with Crippen LogP contribution in [0.1, 0.15) is 37.8 Å². The fourth-order valence-electron chi connectivity index (χ4n) is 1.40. The number of hydrogen-bond acceptors (Lipinski definition) is 3. The topological polar surface area (TPSA) is 48.7 Å². The van der Waals surface area contributed by atoms with Crippen LogP contribution in [-0.2, 0) is 0 Å². The van der Waals surface area contributed by atoms with Gasteiger partial charge in [-0.3, -0.25) is 4.98 Å². The van der Waals surface area contributed by atoms with Gasteiger partial charge in [0.15, 0.2) is 0 Å². The van der Waals surface area contributed by atoms with Crippen molar-refractivity contribution in [2.45, 2.75) is 32.2 Å². The molecule has 0 aliphatic carbocycles. The molecular weight excluding hydrogens is 186 g/mol. The zero-order valence-corrected chi connectivity index (χ0v) is 9.11. The number of aromatic nitrogens is 1. The van der Waals surface area contributed by atoms with E-state index in [1.54, 1.807) is 6.20 Å². The van der Waals surface area contributed by atoms with Crippen molar-refractivity contribution in [1.82, 2.24) is 10.3 Å². The molecule has 0 saturated carbocycles. The molecule has 1 heterocycles. The molecule has 1 aromatic heterocycles. The van der Waals surface area contributed by atoms with Crippen molar-refractivity contribution in [3.63, 3.8) is 0 Å². The lowest BCUT2D eigenvalue weighted by Gasteiger charge is -2.13. The maximum atomic E-state index is 8.37. The van der Waals surface area contributed by atoms with Crippen LogP contribution in [0.15, 0.2) is 24.5 Å². The van der Waals surface area contributed by atoms with Gasteiger partial charge in [0, 0.05) is 24.9 Å². The highest BCUT2D eigenvalue weighted by Gasteiger charge is 2.02. The minimum Gasteiger partial charge on any atom is -0.310 e. The van der Waals surface area contributed by atoms with Crippen LogP contribution in [0.5, 0.6) is 0 Å². The third-order valence-electron chi connectivity index (χ3n) is 2.35. The summed E-state index contributed by atoms with van der Waals surface area (Å²) in [5.74, 6) is 0. The average molecular weight is 203 g/mol. The second kappa shape index (κ2) is 6.97. The standard InChI is InChI=1S/C12H17N3/c1-11(12-6-5-8-14-10-12)15-9-4-2-3-7-13/h5-6,8,10-11,15H,2-4,9H2,1H3. The van der Waals surface area contributed by atoms with Crippen molar-refractivity contribution < 1.29 is 0 Å². The summed E-state index contributed by atoms with van der Waals surface area (Å²) in [6, 6.07) is 6.50. The third kappa shape index (κ3) is 4.57. The van der Waals surface area contributed by atoms with Gasteiger partial charge in [-0.25, -0.2) is 0 Å². The average Bonchev–Trinajstić information content (AvgIpc) is 2.30. The van der Waals surface area contributed by atoms with Gasteiger partial charge in [0.25, 0.3) is 0 Å².